The molecule has 0 unspecified atom stereocenters. The van der Waals surface area contributed by atoms with Gasteiger partial charge in [0.2, 0.25) is 0 Å². The first-order valence-corrected chi connectivity index (χ1v) is 6.19. The minimum absolute atomic E-state index is 0.188. The van der Waals surface area contributed by atoms with Crippen LogP contribution in [0.1, 0.15) is 39.0 Å². The highest BCUT2D eigenvalue weighted by Gasteiger charge is 2.60. The summed E-state index contributed by atoms with van der Waals surface area (Å²) in [5.41, 5.74) is -0.498. The standard InChI is InChI=1S/C13H18O4/c1-3-4-5-6-7-13-8-16-12(15)10(13)9(2)11(14)17-13/h10H,2-8H2,1H3/t10-,13+/m1/s1. The summed E-state index contributed by atoms with van der Waals surface area (Å²) in [6.45, 7) is 5.97. The maximum absolute atomic E-state index is 11.6. The molecule has 2 rings (SSSR count). The number of unbranched alkanes of at least 4 members (excludes halogenated alkanes) is 3. The molecule has 2 aliphatic rings. The summed E-state index contributed by atoms with van der Waals surface area (Å²) < 4.78 is 10.4. The highest BCUT2D eigenvalue weighted by atomic mass is 16.6. The average molecular weight is 238 g/mol. The zero-order valence-electron chi connectivity index (χ0n) is 10.2. The molecule has 2 heterocycles. The molecule has 4 heteroatoms. The van der Waals surface area contributed by atoms with E-state index >= 15 is 0 Å². The van der Waals surface area contributed by atoms with Gasteiger partial charge in [-0.25, -0.2) is 4.79 Å². The number of fused-ring (bicyclic) bond motifs is 1. The maximum atomic E-state index is 11.6. The van der Waals surface area contributed by atoms with E-state index in [1.165, 1.54) is 0 Å². The Bertz CT molecular complexity index is 360. The third-order valence-electron chi connectivity index (χ3n) is 3.58. The molecule has 0 aliphatic carbocycles. The van der Waals surface area contributed by atoms with Gasteiger partial charge >= 0.3 is 11.9 Å². The molecule has 4 nitrogen and oxygen atoms in total. The second kappa shape index (κ2) is 4.51. The fourth-order valence-corrected chi connectivity index (χ4v) is 2.61. The van der Waals surface area contributed by atoms with Crippen molar-refractivity contribution in [3.05, 3.63) is 12.2 Å². The van der Waals surface area contributed by atoms with Crippen LogP contribution in [0.25, 0.3) is 0 Å². The van der Waals surface area contributed by atoms with E-state index in [0.717, 1.165) is 25.7 Å². The van der Waals surface area contributed by atoms with Crippen LogP contribution >= 0.6 is 0 Å². The smallest absolute Gasteiger partial charge is 0.335 e. The summed E-state index contributed by atoms with van der Waals surface area (Å²) in [5.74, 6) is -1.38. The maximum Gasteiger partial charge on any atom is 0.335 e. The van der Waals surface area contributed by atoms with Crippen molar-refractivity contribution in [2.45, 2.75) is 44.6 Å². The molecule has 17 heavy (non-hydrogen) atoms. The van der Waals surface area contributed by atoms with Crippen LogP contribution < -0.4 is 0 Å². The van der Waals surface area contributed by atoms with Crippen molar-refractivity contribution in [2.24, 2.45) is 5.92 Å². The molecule has 2 atom stereocenters. The Morgan fingerprint density at radius 1 is 1.35 bits per heavy atom. The molecule has 2 aliphatic heterocycles. The van der Waals surface area contributed by atoms with Crippen LogP contribution in [0.15, 0.2) is 12.2 Å². The van der Waals surface area contributed by atoms with Gasteiger partial charge < -0.3 is 9.47 Å². The quantitative estimate of drug-likeness (QED) is 0.417. The number of hydrogen-bond donors (Lipinski definition) is 0. The third kappa shape index (κ3) is 1.96. The van der Waals surface area contributed by atoms with E-state index in [2.05, 4.69) is 13.5 Å². The average Bonchev–Trinajstić information content (AvgIpc) is 2.73. The molecule has 0 spiro atoms. The zero-order chi connectivity index (χ0) is 12.5. The van der Waals surface area contributed by atoms with Crippen LogP contribution in [0.5, 0.6) is 0 Å². The van der Waals surface area contributed by atoms with Gasteiger partial charge in [-0.3, -0.25) is 4.79 Å². The lowest BCUT2D eigenvalue weighted by atomic mass is 9.83. The van der Waals surface area contributed by atoms with Gasteiger partial charge in [0, 0.05) is 5.57 Å². The summed E-state index contributed by atoms with van der Waals surface area (Å²) >= 11 is 0. The molecule has 0 aromatic carbocycles. The first-order valence-electron chi connectivity index (χ1n) is 6.19. The highest BCUT2D eigenvalue weighted by Crippen LogP contribution is 2.44. The van der Waals surface area contributed by atoms with Gasteiger partial charge in [-0.05, 0) is 12.8 Å². The van der Waals surface area contributed by atoms with Crippen LogP contribution in [0.2, 0.25) is 0 Å². The van der Waals surface area contributed by atoms with Crippen molar-refractivity contribution < 1.29 is 19.1 Å². The van der Waals surface area contributed by atoms with E-state index in [0.29, 0.717) is 6.42 Å². The third-order valence-corrected chi connectivity index (χ3v) is 3.58. The zero-order valence-corrected chi connectivity index (χ0v) is 10.2. The van der Waals surface area contributed by atoms with Crippen LogP contribution in [-0.2, 0) is 19.1 Å². The van der Waals surface area contributed by atoms with E-state index in [4.69, 9.17) is 9.47 Å². The van der Waals surface area contributed by atoms with Gasteiger partial charge in [0.05, 0.1) is 0 Å². The molecule has 0 N–H and O–H groups in total. The molecule has 0 amide bonds. The molecular formula is C13H18O4. The van der Waals surface area contributed by atoms with Crippen LogP contribution in [0, 0.1) is 5.92 Å². The Hall–Kier alpha value is -1.32. The fraction of sp³-hybridized carbons (Fsp3) is 0.692. The molecule has 0 radical (unpaired) electrons. The number of esters is 2. The largest absolute Gasteiger partial charge is 0.461 e. The van der Waals surface area contributed by atoms with Crippen molar-refractivity contribution in [1.29, 1.82) is 0 Å². The number of carbonyl (C=O) groups excluding carboxylic acids is 2. The van der Waals surface area contributed by atoms with Crippen molar-refractivity contribution in [1.82, 2.24) is 0 Å². The summed E-state index contributed by atoms with van der Waals surface area (Å²) in [6, 6.07) is 0. The van der Waals surface area contributed by atoms with Crippen LogP contribution in [-0.4, -0.2) is 24.1 Å². The Kier molecular flexibility index (Phi) is 3.22. The van der Waals surface area contributed by atoms with Gasteiger partial charge in [-0.2, -0.15) is 0 Å². The first kappa shape index (κ1) is 12.1. The van der Waals surface area contributed by atoms with Crippen molar-refractivity contribution in [2.75, 3.05) is 6.61 Å². The number of hydrogen-bond acceptors (Lipinski definition) is 4. The molecule has 0 saturated carbocycles. The lowest BCUT2D eigenvalue weighted by molar-refractivity contribution is -0.150. The first-order chi connectivity index (χ1) is 8.10. The van der Waals surface area contributed by atoms with E-state index < -0.39 is 17.5 Å². The second-order valence-electron chi connectivity index (χ2n) is 4.83. The Morgan fingerprint density at radius 2 is 2.12 bits per heavy atom. The predicted octanol–water partition coefficient (Wildman–Crippen LogP) is 1.98. The van der Waals surface area contributed by atoms with Crippen LogP contribution in [0.3, 0.4) is 0 Å². The molecular weight excluding hydrogens is 220 g/mol. The van der Waals surface area contributed by atoms with E-state index in [1.807, 2.05) is 0 Å². The normalized spacial score (nSPS) is 31.4. The molecule has 94 valence electrons. The SMILES string of the molecule is C=C1C(=O)O[C@@]2(CCCCCC)COC(=O)[C@@H]12. The predicted molar refractivity (Wildman–Crippen MR) is 61.2 cm³/mol. The van der Waals surface area contributed by atoms with E-state index in [9.17, 15) is 9.59 Å². The fourth-order valence-electron chi connectivity index (χ4n) is 2.61. The van der Waals surface area contributed by atoms with Gasteiger partial charge in [-0.1, -0.05) is 32.8 Å². The summed E-state index contributed by atoms with van der Waals surface area (Å²) in [6.07, 6.45) is 5.03. The molecule has 0 aromatic rings. The molecule has 2 saturated heterocycles. The number of cyclic esters (lactones) is 1. The van der Waals surface area contributed by atoms with Gasteiger partial charge in [0.1, 0.15) is 12.5 Å². The van der Waals surface area contributed by atoms with Crippen molar-refractivity contribution in [3.8, 4) is 0 Å². The number of carbonyl (C=O) groups is 2. The second-order valence-corrected chi connectivity index (χ2v) is 4.83. The highest BCUT2D eigenvalue weighted by molar-refractivity contribution is 6.00. The molecule has 2 fully saturated rings. The summed E-state index contributed by atoms with van der Waals surface area (Å²) in [5, 5.41) is 0. The topological polar surface area (TPSA) is 52.6 Å². The van der Waals surface area contributed by atoms with Crippen LogP contribution in [0.4, 0.5) is 0 Å². The monoisotopic (exact) mass is 238 g/mol. The van der Waals surface area contributed by atoms with E-state index in [1.54, 1.807) is 0 Å². The van der Waals surface area contributed by atoms with Crippen molar-refractivity contribution >= 4 is 11.9 Å². The van der Waals surface area contributed by atoms with Gasteiger partial charge in [-0.15, -0.1) is 0 Å². The van der Waals surface area contributed by atoms with Gasteiger partial charge in [0.25, 0.3) is 0 Å². The Balaban J connectivity index is 2.04. The lowest BCUT2D eigenvalue weighted by Gasteiger charge is -2.23. The van der Waals surface area contributed by atoms with Crippen molar-refractivity contribution in [3.63, 3.8) is 0 Å². The Labute approximate surface area is 101 Å². The molecule has 0 aromatic heterocycles. The summed E-state index contributed by atoms with van der Waals surface area (Å²) in [4.78, 5) is 23.1. The number of ether oxygens (including phenoxy) is 2. The summed E-state index contributed by atoms with van der Waals surface area (Å²) in [7, 11) is 0. The van der Waals surface area contributed by atoms with E-state index in [-0.39, 0.29) is 18.1 Å². The molecule has 0 bridgehead atoms. The number of rotatable bonds is 5. The minimum atomic E-state index is -0.751. The van der Waals surface area contributed by atoms with Gasteiger partial charge in [0.15, 0.2) is 5.60 Å². The minimum Gasteiger partial charge on any atom is -0.461 e. The Morgan fingerprint density at radius 3 is 2.82 bits per heavy atom. The lowest BCUT2D eigenvalue weighted by Crippen LogP contribution is -2.36.